The Morgan fingerprint density at radius 1 is 0.815 bits per heavy atom. The Kier molecular flexibility index (Phi) is 4.86. The first kappa shape index (κ1) is 18.5. The van der Waals surface area contributed by atoms with Crippen molar-refractivity contribution >= 4 is 22.3 Å². The first-order chi connectivity index (χ1) is 12.8. The van der Waals surface area contributed by atoms with Gasteiger partial charge in [-0.15, -0.1) is 0 Å². The summed E-state index contributed by atoms with van der Waals surface area (Å²) in [5, 5.41) is 11.0. The molecule has 3 aromatic rings. The molecule has 0 saturated carbocycles. The maximum atomic E-state index is 12.8. The van der Waals surface area contributed by atoms with Crippen LogP contribution in [0.4, 0.5) is 8.78 Å². The number of phenolic OH excluding ortho intramolecular Hbond substituents is 1. The lowest BCUT2D eigenvalue weighted by Crippen LogP contribution is -2.15. The van der Waals surface area contributed by atoms with Crippen molar-refractivity contribution in [2.45, 2.75) is 13.8 Å². The predicted octanol–water partition coefficient (Wildman–Crippen LogP) is 5.14. The van der Waals surface area contributed by atoms with E-state index in [-0.39, 0.29) is 34.3 Å². The quantitative estimate of drug-likeness (QED) is 0.599. The topological polar surface area (TPSA) is 54.4 Å². The second kappa shape index (κ2) is 7.11. The van der Waals surface area contributed by atoms with E-state index in [1.807, 2.05) is 6.92 Å². The molecule has 0 aromatic heterocycles. The number of hydrogen-bond donors (Lipinski definition) is 1. The number of phenols is 1. The van der Waals surface area contributed by atoms with E-state index >= 15 is 0 Å². The van der Waals surface area contributed by atoms with Gasteiger partial charge in [0.25, 0.3) is 0 Å². The van der Waals surface area contributed by atoms with E-state index in [2.05, 4.69) is 0 Å². The first-order valence-electron chi connectivity index (χ1n) is 8.22. The summed E-state index contributed by atoms with van der Waals surface area (Å²) in [6.07, 6.45) is 1.24. The van der Waals surface area contributed by atoms with Crippen LogP contribution in [0.15, 0.2) is 60.2 Å². The lowest BCUT2D eigenvalue weighted by Gasteiger charge is -2.11. The largest absolute Gasteiger partial charge is 0.507 e. The van der Waals surface area contributed by atoms with Gasteiger partial charge in [-0.3, -0.25) is 9.59 Å². The average molecular weight is 366 g/mol. The maximum absolute atomic E-state index is 12.8. The van der Waals surface area contributed by atoms with Gasteiger partial charge in [0.05, 0.1) is 0 Å². The van der Waals surface area contributed by atoms with Gasteiger partial charge >= 0.3 is 0 Å². The first-order valence-corrected chi connectivity index (χ1v) is 8.22. The highest BCUT2D eigenvalue weighted by Gasteiger charge is 2.23. The number of hydrogen-bond acceptors (Lipinski definition) is 3. The highest BCUT2D eigenvalue weighted by molar-refractivity contribution is 6.24. The second-order valence-corrected chi connectivity index (χ2v) is 6.31. The van der Waals surface area contributed by atoms with E-state index in [0.717, 1.165) is 17.0 Å². The van der Waals surface area contributed by atoms with Crippen LogP contribution < -0.4 is 0 Å². The van der Waals surface area contributed by atoms with Gasteiger partial charge in [-0.1, -0.05) is 12.1 Å². The van der Waals surface area contributed by atoms with Gasteiger partial charge < -0.3 is 5.11 Å². The molecule has 3 aromatic carbocycles. The van der Waals surface area contributed by atoms with E-state index in [4.69, 9.17) is 0 Å². The number of carbonyl (C=O) groups is 2. The minimum absolute atomic E-state index is 0.153. The minimum Gasteiger partial charge on any atom is -0.507 e. The fourth-order valence-corrected chi connectivity index (χ4v) is 2.86. The number of aromatic hydroxyl groups is 1. The van der Waals surface area contributed by atoms with E-state index in [1.165, 1.54) is 30.3 Å². The van der Waals surface area contributed by atoms with Crippen molar-refractivity contribution in [2.24, 2.45) is 0 Å². The molecule has 0 amide bonds. The van der Waals surface area contributed by atoms with Crippen LogP contribution in [0.3, 0.4) is 0 Å². The molecule has 1 aliphatic carbocycles. The number of rotatable bonds is 0. The fourth-order valence-electron chi connectivity index (χ4n) is 2.86. The number of ketones is 2. The molecule has 0 bridgehead atoms. The third-order valence-electron chi connectivity index (χ3n) is 4.35. The van der Waals surface area contributed by atoms with Gasteiger partial charge in [-0.25, -0.2) is 8.78 Å². The van der Waals surface area contributed by atoms with Crippen LogP contribution in [0.5, 0.6) is 5.75 Å². The molecule has 5 heteroatoms. The van der Waals surface area contributed by atoms with Gasteiger partial charge in [0, 0.05) is 22.1 Å². The van der Waals surface area contributed by atoms with Crippen molar-refractivity contribution in [1.29, 1.82) is 0 Å². The monoisotopic (exact) mass is 366 g/mol. The highest BCUT2D eigenvalue weighted by Crippen LogP contribution is 2.28. The van der Waals surface area contributed by atoms with Crippen molar-refractivity contribution in [3.05, 3.63) is 88.5 Å². The molecule has 0 atom stereocenters. The standard InChI is InChI=1S/C11H7FO2.C11H9FO/c1-6-4-10(13)9-5-7(12)2-3-8(9)11(6)14;1-7-2-3-8-6-9(12)4-5-10(8)11(7)13/h2-5H,1H3;2-6,13H,1H3. The summed E-state index contributed by atoms with van der Waals surface area (Å²) in [5.74, 6) is -1.07. The Labute approximate surface area is 154 Å². The number of benzene rings is 3. The number of aryl methyl sites for hydroxylation is 1. The van der Waals surface area contributed by atoms with Crippen LogP contribution in [0.2, 0.25) is 0 Å². The smallest absolute Gasteiger partial charge is 0.189 e. The molecule has 0 heterocycles. The normalized spacial score (nSPS) is 13.0. The molecular weight excluding hydrogens is 350 g/mol. The summed E-state index contributed by atoms with van der Waals surface area (Å²) in [5.41, 5.74) is 1.64. The lowest BCUT2D eigenvalue weighted by molar-refractivity contribution is 0.0984. The second-order valence-electron chi connectivity index (χ2n) is 6.31. The summed E-state index contributed by atoms with van der Waals surface area (Å²) in [6, 6.07) is 11.6. The van der Waals surface area contributed by atoms with Crippen molar-refractivity contribution in [3.8, 4) is 5.75 Å². The predicted molar refractivity (Wildman–Crippen MR) is 99.1 cm³/mol. The van der Waals surface area contributed by atoms with Gasteiger partial charge in [-0.05, 0) is 67.3 Å². The molecule has 0 aliphatic heterocycles. The molecule has 1 N–H and O–H groups in total. The summed E-state index contributed by atoms with van der Waals surface area (Å²) in [6.45, 7) is 3.39. The number of halogens is 2. The molecule has 0 fully saturated rings. The van der Waals surface area contributed by atoms with Crippen LogP contribution in [0, 0.1) is 18.6 Å². The van der Waals surface area contributed by atoms with Crippen LogP contribution >= 0.6 is 0 Å². The Morgan fingerprint density at radius 3 is 2.22 bits per heavy atom. The molecule has 27 heavy (non-hydrogen) atoms. The molecule has 4 rings (SSSR count). The minimum atomic E-state index is -0.502. The zero-order valence-electron chi connectivity index (χ0n) is 14.7. The molecule has 3 nitrogen and oxygen atoms in total. The molecule has 136 valence electrons. The van der Waals surface area contributed by atoms with Gasteiger partial charge in [0.15, 0.2) is 11.6 Å². The van der Waals surface area contributed by atoms with E-state index in [9.17, 15) is 23.5 Å². The van der Waals surface area contributed by atoms with Crippen LogP contribution in [0.25, 0.3) is 10.8 Å². The molecule has 0 unspecified atom stereocenters. The summed E-state index contributed by atoms with van der Waals surface area (Å²) >= 11 is 0. The number of allylic oxidation sites excluding steroid dienone is 2. The molecule has 0 spiro atoms. The summed E-state index contributed by atoms with van der Waals surface area (Å²) in [7, 11) is 0. The van der Waals surface area contributed by atoms with Gasteiger partial charge in [0.1, 0.15) is 17.4 Å². The Balaban J connectivity index is 0.000000156. The zero-order valence-corrected chi connectivity index (χ0v) is 14.7. The van der Waals surface area contributed by atoms with Crippen molar-refractivity contribution in [2.75, 3.05) is 0 Å². The van der Waals surface area contributed by atoms with Gasteiger partial charge in [0.2, 0.25) is 0 Å². The molecule has 0 radical (unpaired) electrons. The van der Waals surface area contributed by atoms with Crippen molar-refractivity contribution in [1.82, 2.24) is 0 Å². The summed E-state index contributed by atoms with van der Waals surface area (Å²) < 4.78 is 25.6. The van der Waals surface area contributed by atoms with E-state index in [0.29, 0.717) is 11.0 Å². The van der Waals surface area contributed by atoms with Gasteiger partial charge in [-0.2, -0.15) is 0 Å². The van der Waals surface area contributed by atoms with Crippen molar-refractivity contribution < 1.29 is 23.5 Å². The third kappa shape index (κ3) is 3.62. The number of fused-ring (bicyclic) bond motifs is 2. The Hall–Kier alpha value is -3.34. The lowest BCUT2D eigenvalue weighted by atomic mass is 9.90. The van der Waals surface area contributed by atoms with E-state index in [1.54, 1.807) is 25.1 Å². The Morgan fingerprint density at radius 2 is 1.48 bits per heavy atom. The maximum Gasteiger partial charge on any atom is 0.189 e. The molecule has 0 saturated heterocycles. The number of carbonyl (C=O) groups excluding carboxylic acids is 2. The fraction of sp³-hybridized carbons (Fsp3) is 0.0909. The SMILES string of the molecule is CC1=CC(=O)c2cc(F)ccc2C1=O.Cc1ccc2cc(F)ccc2c1O. The number of Topliss-reactive ketones (excluding diaryl/α,β-unsaturated/α-hetero) is 1. The zero-order chi connectivity index (χ0) is 19.7. The van der Waals surface area contributed by atoms with Crippen LogP contribution in [-0.4, -0.2) is 16.7 Å². The average Bonchev–Trinajstić information content (AvgIpc) is 2.63. The summed E-state index contributed by atoms with van der Waals surface area (Å²) in [4.78, 5) is 22.9. The Bertz CT molecular complexity index is 1110. The highest BCUT2D eigenvalue weighted by atomic mass is 19.1. The van der Waals surface area contributed by atoms with Crippen molar-refractivity contribution in [3.63, 3.8) is 0 Å². The molecular formula is C22H16F2O3. The van der Waals surface area contributed by atoms with Crippen LogP contribution in [-0.2, 0) is 0 Å². The molecule has 1 aliphatic rings. The van der Waals surface area contributed by atoms with Crippen LogP contribution in [0.1, 0.15) is 33.2 Å². The van der Waals surface area contributed by atoms with E-state index < -0.39 is 5.82 Å². The third-order valence-corrected chi connectivity index (χ3v) is 4.35.